The van der Waals surface area contributed by atoms with Gasteiger partial charge in [0, 0.05) is 23.3 Å². The van der Waals surface area contributed by atoms with Crippen molar-refractivity contribution in [2.75, 3.05) is 20.3 Å². The Hall–Kier alpha value is -3.62. The molecule has 3 heterocycles. The monoisotopic (exact) mass is 642 g/mol. The van der Waals surface area contributed by atoms with Crippen molar-refractivity contribution in [3.63, 3.8) is 0 Å². The van der Waals surface area contributed by atoms with Gasteiger partial charge in [-0.1, -0.05) is 0 Å². The van der Waals surface area contributed by atoms with E-state index in [0.717, 1.165) is 12.1 Å². The van der Waals surface area contributed by atoms with Gasteiger partial charge in [-0.2, -0.15) is 0 Å². The number of hydrogen-bond donors (Lipinski definition) is 11. The minimum Gasteiger partial charge on any atom is -0.508 e. The highest BCUT2D eigenvalue weighted by molar-refractivity contribution is 5.72. The number of aliphatic hydroxyl groups is 9. The number of fused-ring (bicyclic) bond motifs is 1. The Balaban J connectivity index is 1.43. The predicted molar refractivity (Wildman–Crippen MR) is 145 cm³/mol. The molecule has 0 saturated carbocycles. The fourth-order valence-electron chi connectivity index (χ4n) is 5.16. The maximum absolute atomic E-state index is 10.7. The standard InChI is InChI=1S/C28H34O17/c1-40-15-3-9(2-13(32)19(15)33)26-16(6-11-12(31)4-10(30)5-14(11)42-26)43-28-25(39)23(37)21(35)18(45-28)8-41-27-24(38)22(36)20(34)17(7-29)44-27/h2-6,14,17-18,20-25,27-39H,7-8H2,1H3. The van der Waals surface area contributed by atoms with Gasteiger partial charge < -0.3 is 84.6 Å². The number of benzene rings is 1. The van der Waals surface area contributed by atoms with Gasteiger partial charge in [-0.3, -0.25) is 0 Å². The van der Waals surface area contributed by atoms with E-state index in [9.17, 15) is 56.2 Å². The van der Waals surface area contributed by atoms with Gasteiger partial charge >= 0.3 is 0 Å². The minimum absolute atomic E-state index is 0.0720. The maximum Gasteiger partial charge on any atom is 0.229 e. The molecule has 0 amide bonds. The van der Waals surface area contributed by atoms with Crippen LogP contribution in [0.3, 0.4) is 0 Å². The summed E-state index contributed by atoms with van der Waals surface area (Å²) in [5.41, 5.74) is 0.178. The van der Waals surface area contributed by atoms with Gasteiger partial charge in [0.25, 0.3) is 0 Å². The van der Waals surface area contributed by atoms with Crippen LogP contribution in [0.1, 0.15) is 5.56 Å². The number of allylic oxidation sites excluding steroid dienone is 2. The first-order chi connectivity index (χ1) is 21.3. The fourth-order valence-corrected chi connectivity index (χ4v) is 5.16. The highest BCUT2D eigenvalue weighted by atomic mass is 16.7. The van der Waals surface area contributed by atoms with Gasteiger partial charge in [0.2, 0.25) is 12.0 Å². The number of ether oxygens (including phenoxy) is 6. The van der Waals surface area contributed by atoms with Crippen LogP contribution in [0.5, 0.6) is 17.2 Å². The second-order valence-electron chi connectivity index (χ2n) is 10.7. The van der Waals surface area contributed by atoms with Gasteiger partial charge in [0.05, 0.1) is 20.3 Å². The number of phenolic OH excluding ortho intramolecular Hbond substituents is 2. The Labute approximate surface area is 254 Å². The molecule has 2 saturated heterocycles. The topological polar surface area (TPSA) is 278 Å². The summed E-state index contributed by atoms with van der Waals surface area (Å²) in [4.78, 5) is 0. The molecule has 4 aliphatic rings. The molecule has 17 heteroatoms. The number of aliphatic hydroxyl groups excluding tert-OH is 9. The van der Waals surface area contributed by atoms with Crippen molar-refractivity contribution >= 4 is 5.76 Å². The molecule has 45 heavy (non-hydrogen) atoms. The van der Waals surface area contributed by atoms with Crippen molar-refractivity contribution in [1.29, 1.82) is 0 Å². The Bertz CT molecular complexity index is 1390. The molecule has 0 radical (unpaired) electrons. The molecule has 0 aromatic heterocycles. The van der Waals surface area contributed by atoms with Gasteiger partial charge in [-0.25, -0.2) is 0 Å². The highest BCUT2D eigenvalue weighted by Crippen LogP contribution is 2.43. The van der Waals surface area contributed by atoms with Crippen LogP contribution in [-0.2, 0) is 23.7 Å². The first kappa shape index (κ1) is 32.8. The van der Waals surface area contributed by atoms with E-state index in [-0.39, 0.29) is 34.2 Å². The van der Waals surface area contributed by atoms with Crippen LogP contribution in [0.25, 0.3) is 5.76 Å². The molecular weight excluding hydrogens is 608 g/mol. The average molecular weight is 643 g/mol. The molecule has 2 fully saturated rings. The van der Waals surface area contributed by atoms with Crippen molar-refractivity contribution in [2.24, 2.45) is 0 Å². The first-order valence-corrected chi connectivity index (χ1v) is 13.7. The van der Waals surface area contributed by atoms with Crippen molar-refractivity contribution in [3.05, 3.63) is 58.8 Å². The Morgan fingerprint density at radius 2 is 1.42 bits per heavy atom. The molecule has 11 atom stereocenters. The zero-order valence-electron chi connectivity index (χ0n) is 23.5. The number of aromatic hydroxyl groups is 2. The molecule has 1 aliphatic carbocycles. The summed E-state index contributed by atoms with van der Waals surface area (Å²) in [5, 5.41) is 112. The lowest BCUT2D eigenvalue weighted by Crippen LogP contribution is -2.61. The van der Waals surface area contributed by atoms with Crippen LogP contribution in [0.2, 0.25) is 0 Å². The summed E-state index contributed by atoms with van der Waals surface area (Å²) >= 11 is 0. The fraction of sp³-hybridized carbons (Fsp3) is 0.500. The number of rotatable bonds is 8. The van der Waals surface area contributed by atoms with Crippen molar-refractivity contribution < 1.29 is 84.6 Å². The predicted octanol–water partition coefficient (Wildman–Crippen LogP) is -2.36. The van der Waals surface area contributed by atoms with E-state index < -0.39 is 98.0 Å². The van der Waals surface area contributed by atoms with Gasteiger partial charge in [0.15, 0.2) is 29.3 Å². The molecule has 1 aromatic rings. The third kappa shape index (κ3) is 6.27. The number of methoxy groups -OCH3 is 1. The molecular formula is C28H34O17. The SMILES string of the molecule is COc1cc(C2=C(OC3OC(COC4OC(CO)C(O)C(O)C4O)C(O)C(O)C3O)C=C3C(O)=CC(O)=CC3O2)cc(O)c1O. The molecule has 5 rings (SSSR count). The van der Waals surface area contributed by atoms with Crippen LogP contribution in [0.15, 0.2) is 53.2 Å². The van der Waals surface area contributed by atoms with E-state index >= 15 is 0 Å². The zero-order valence-corrected chi connectivity index (χ0v) is 23.5. The average Bonchev–Trinajstić information content (AvgIpc) is 3.01. The van der Waals surface area contributed by atoms with Gasteiger partial charge in [-0.15, -0.1) is 0 Å². The third-order valence-corrected chi connectivity index (χ3v) is 7.69. The van der Waals surface area contributed by atoms with Crippen LogP contribution in [0, 0.1) is 0 Å². The second kappa shape index (κ2) is 13.0. The Kier molecular flexibility index (Phi) is 9.47. The summed E-state index contributed by atoms with van der Waals surface area (Å²) < 4.78 is 33.4. The van der Waals surface area contributed by atoms with Gasteiger partial charge in [-0.05, 0) is 18.2 Å². The van der Waals surface area contributed by atoms with E-state index in [1.165, 1.54) is 25.3 Å². The molecule has 17 nitrogen and oxygen atoms in total. The minimum atomic E-state index is -1.88. The third-order valence-electron chi connectivity index (χ3n) is 7.69. The quantitative estimate of drug-likeness (QED) is 0.132. The Morgan fingerprint density at radius 1 is 0.778 bits per heavy atom. The summed E-state index contributed by atoms with van der Waals surface area (Å²) in [7, 11) is 1.24. The lowest BCUT2D eigenvalue weighted by molar-refractivity contribution is -0.327. The molecule has 11 unspecified atom stereocenters. The summed E-state index contributed by atoms with van der Waals surface area (Å²) in [6.45, 7) is -1.33. The molecule has 3 aliphatic heterocycles. The summed E-state index contributed by atoms with van der Waals surface area (Å²) in [6.07, 6.45) is -14.2. The van der Waals surface area contributed by atoms with Crippen LogP contribution in [0.4, 0.5) is 0 Å². The molecule has 0 bridgehead atoms. The second-order valence-corrected chi connectivity index (χ2v) is 10.7. The smallest absolute Gasteiger partial charge is 0.229 e. The maximum atomic E-state index is 10.7. The number of phenols is 2. The highest BCUT2D eigenvalue weighted by Gasteiger charge is 2.48. The lowest BCUT2D eigenvalue weighted by atomic mass is 9.96. The largest absolute Gasteiger partial charge is 0.508 e. The lowest BCUT2D eigenvalue weighted by Gasteiger charge is -2.43. The molecule has 0 spiro atoms. The van der Waals surface area contributed by atoms with E-state index in [2.05, 4.69) is 0 Å². The van der Waals surface area contributed by atoms with Crippen molar-refractivity contribution in [1.82, 2.24) is 0 Å². The Morgan fingerprint density at radius 3 is 2.09 bits per heavy atom. The van der Waals surface area contributed by atoms with Crippen LogP contribution < -0.4 is 4.74 Å². The normalized spacial score (nSPS) is 36.7. The molecule has 11 N–H and O–H groups in total. The van der Waals surface area contributed by atoms with E-state index in [1.807, 2.05) is 0 Å². The van der Waals surface area contributed by atoms with Crippen molar-refractivity contribution in [2.45, 2.75) is 67.5 Å². The molecule has 248 valence electrons. The van der Waals surface area contributed by atoms with Crippen LogP contribution >= 0.6 is 0 Å². The first-order valence-electron chi connectivity index (χ1n) is 13.7. The zero-order chi connectivity index (χ0) is 32.7. The number of hydrogen-bond acceptors (Lipinski definition) is 17. The van der Waals surface area contributed by atoms with E-state index in [4.69, 9.17) is 28.4 Å². The molecule has 1 aromatic carbocycles. The van der Waals surface area contributed by atoms with E-state index in [0.29, 0.717) is 0 Å². The van der Waals surface area contributed by atoms with E-state index in [1.54, 1.807) is 0 Å². The summed E-state index contributed by atoms with van der Waals surface area (Å²) in [5.74, 6) is -2.41. The summed E-state index contributed by atoms with van der Waals surface area (Å²) in [6, 6.07) is 2.38. The van der Waals surface area contributed by atoms with Gasteiger partial charge in [0.1, 0.15) is 66.5 Å². The van der Waals surface area contributed by atoms with Crippen molar-refractivity contribution in [3.8, 4) is 17.2 Å². The van der Waals surface area contributed by atoms with Crippen LogP contribution in [-0.4, -0.2) is 144 Å².